The van der Waals surface area contributed by atoms with Crippen molar-refractivity contribution in [3.05, 3.63) is 64.7 Å². The molecule has 0 saturated heterocycles. The van der Waals surface area contributed by atoms with E-state index in [-0.39, 0.29) is 35.4 Å². The summed E-state index contributed by atoms with van der Waals surface area (Å²) in [7, 11) is 0. The SMILES string of the molecule is CC(C)COC(=O)Oc1ccc2c(c1)C(=O)c1ccccc1C2=O. The smallest absolute Gasteiger partial charge is 0.434 e. The Morgan fingerprint density at radius 1 is 0.917 bits per heavy atom. The van der Waals surface area contributed by atoms with E-state index in [1.807, 2.05) is 13.8 Å². The van der Waals surface area contributed by atoms with Crippen LogP contribution in [0.15, 0.2) is 42.5 Å². The summed E-state index contributed by atoms with van der Waals surface area (Å²) in [6, 6.07) is 11.1. The number of rotatable bonds is 3. The van der Waals surface area contributed by atoms with E-state index in [2.05, 4.69) is 0 Å². The molecule has 2 aromatic carbocycles. The molecule has 3 rings (SSSR count). The molecule has 0 radical (unpaired) electrons. The summed E-state index contributed by atoms with van der Waals surface area (Å²) in [6.45, 7) is 4.07. The van der Waals surface area contributed by atoms with Gasteiger partial charge in [0.1, 0.15) is 5.75 Å². The molecule has 122 valence electrons. The molecule has 0 atom stereocenters. The lowest BCUT2D eigenvalue weighted by molar-refractivity contribution is 0.0882. The van der Waals surface area contributed by atoms with E-state index in [9.17, 15) is 14.4 Å². The van der Waals surface area contributed by atoms with Gasteiger partial charge in [0.2, 0.25) is 0 Å². The second-order valence-electron chi connectivity index (χ2n) is 5.97. The molecule has 0 saturated carbocycles. The fourth-order valence-corrected chi connectivity index (χ4v) is 2.50. The number of carbonyl (C=O) groups excluding carboxylic acids is 3. The van der Waals surface area contributed by atoms with E-state index in [0.29, 0.717) is 16.7 Å². The van der Waals surface area contributed by atoms with Crippen molar-refractivity contribution in [1.82, 2.24) is 0 Å². The highest BCUT2D eigenvalue weighted by Gasteiger charge is 2.29. The van der Waals surface area contributed by atoms with Crippen molar-refractivity contribution in [2.24, 2.45) is 5.92 Å². The molecule has 2 aromatic rings. The van der Waals surface area contributed by atoms with Gasteiger partial charge in [-0.15, -0.1) is 0 Å². The number of carbonyl (C=O) groups is 3. The number of fused-ring (bicyclic) bond motifs is 2. The zero-order valence-corrected chi connectivity index (χ0v) is 13.4. The van der Waals surface area contributed by atoms with Gasteiger partial charge in [-0.25, -0.2) is 4.79 Å². The van der Waals surface area contributed by atoms with E-state index in [4.69, 9.17) is 9.47 Å². The third-order valence-electron chi connectivity index (χ3n) is 3.63. The molecule has 5 nitrogen and oxygen atoms in total. The third kappa shape index (κ3) is 2.93. The number of benzene rings is 2. The molecule has 1 aliphatic rings. The molecule has 0 unspecified atom stereocenters. The quantitative estimate of drug-likeness (QED) is 0.543. The number of ether oxygens (including phenoxy) is 2. The molecule has 5 heteroatoms. The number of ketones is 2. The van der Waals surface area contributed by atoms with Crippen molar-refractivity contribution in [2.75, 3.05) is 6.61 Å². The van der Waals surface area contributed by atoms with Gasteiger partial charge in [0.25, 0.3) is 0 Å². The zero-order valence-electron chi connectivity index (χ0n) is 13.4. The normalized spacial score (nSPS) is 12.6. The van der Waals surface area contributed by atoms with Crippen LogP contribution >= 0.6 is 0 Å². The van der Waals surface area contributed by atoms with E-state index < -0.39 is 6.16 Å². The van der Waals surface area contributed by atoms with Crippen molar-refractivity contribution in [3.8, 4) is 5.75 Å². The topological polar surface area (TPSA) is 69.7 Å². The van der Waals surface area contributed by atoms with Crippen LogP contribution in [0.3, 0.4) is 0 Å². The highest BCUT2D eigenvalue weighted by atomic mass is 16.7. The van der Waals surface area contributed by atoms with Gasteiger partial charge in [-0.05, 0) is 24.1 Å². The Morgan fingerprint density at radius 2 is 1.50 bits per heavy atom. The van der Waals surface area contributed by atoms with Gasteiger partial charge in [0, 0.05) is 22.3 Å². The van der Waals surface area contributed by atoms with Crippen LogP contribution in [0.5, 0.6) is 5.75 Å². The van der Waals surface area contributed by atoms with Crippen LogP contribution in [0.25, 0.3) is 0 Å². The first-order valence-electron chi connectivity index (χ1n) is 7.64. The van der Waals surface area contributed by atoms with Crippen LogP contribution in [0, 0.1) is 5.92 Å². The Hall–Kier alpha value is -2.95. The van der Waals surface area contributed by atoms with Crippen LogP contribution in [0.2, 0.25) is 0 Å². The standard InChI is InChI=1S/C19H16O5/c1-11(2)10-23-19(22)24-12-7-8-15-16(9-12)18(21)14-6-4-3-5-13(14)17(15)20/h3-9,11H,10H2,1-2H3. The Labute approximate surface area is 139 Å². The van der Waals surface area contributed by atoms with Crippen LogP contribution in [0.4, 0.5) is 4.79 Å². The lowest BCUT2D eigenvalue weighted by Crippen LogP contribution is -2.21. The Bertz CT molecular complexity index is 835. The molecule has 0 fully saturated rings. The molecule has 0 aliphatic heterocycles. The molecule has 0 spiro atoms. The Morgan fingerprint density at radius 3 is 2.12 bits per heavy atom. The van der Waals surface area contributed by atoms with Crippen molar-refractivity contribution in [1.29, 1.82) is 0 Å². The van der Waals surface area contributed by atoms with Crippen molar-refractivity contribution in [2.45, 2.75) is 13.8 Å². The predicted molar refractivity (Wildman–Crippen MR) is 86.6 cm³/mol. The molecule has 0 bridgehead atoms. The lowest BCUT2D eigenvalue weighted by atomic mass is 9.84. The third-order valence-corrected chi connectivity index (χ3v) is 3.63. The molecular formula is C19H16O5. The van der Waals surface area contributed by atoms with E-state index in [0.717, 1.165) is 0 Å². The summed E-state index contributed by atoms with van der Waals surface area (Å²) < 4.78 is 10.0. The van der Waals surface area contributed by atoms with Crippen LogP contribution in [0.1, 0.15) is 45.7 Å². The van der Waals surface area contributed by atoms with E-state index in [1.54, 1.807) is 24.3 Å². The molecule has 0 amide bonds. The Kier molecular flexibility index (Phi) is 4.16. The lowest BCUT2D eigenvalue weighted by Gasteiger charge is -2.17. The Balaban J connectivity index is 1.87. The largest absolute Gasteiger partial charge is 0.513 e. The van der Waals surface area contributed by atoms with E-state index in [1.165, 1.54) is 18.2 Å². The first-order valence-corrected chi connectivity index (χ1v) is 7.64. The molecule has 24 heavy (non-hydrogen) atoms. The average molecular weight is 324 g/mol. The second kappa shape index (κ2) is 6.28. The van der Waals surface area contributed by atoms with Crippen LogP contribution < -0.4 is 4.74 Å². The fraction of sp³-hybridized carbons (Fsp3) is 0.211. The maximum atomic E-state index is 12.6. The maximum absolute atomic E-state index is 12.6. The van der Waals surface area contributed by atoms with Crippen molar-refractivity contribution in [3.63, 3.8) is 0 Å². The summed E-state index contributed by atoms with van der Waals surface area (Å²) >= 11 is 0. The minimum absolute atomic E-state index is 0.169. The molecule has 1 aliphatic carbocycles. The van der Waals surface area contributed by atoms with Gasteiger partial charge >= 0.3 is 6.16 Å². The van der Waals surface area contributed by atoms with Gasteiger partial charge in [-0.2, -0.15) is 0 Å². The minimum atomic E-state index is -0.835. The first-order chi connectivity index (χ1) is 11.5. The second-order valence-corrected chi connectivity index (χ2v) is 5.97. The van der Waals surface area contributed by atoms with Crippen LogP contribution in [-0.4, -0.2) is 24.3 Å². The van der Waals surface area contributed by atoms with Crippen LogP contribution in [-0.2, 0) is 4.74 Å². The summed E-state index contributed by atoms with van der Waals surface area (Å²) in [4.78, 5) is 36.7. The summed E-state index contributed by atoms with van der Waals surface area (Å²) in [6.07, 6.45) is -0.835. The summed E-state index contributed by atoms with van der Waals surface area (Å²) in [5.74, 6) is -0.116. The van der Waals surface area contributed by atoms with E-state index >= 15 is 0 Å². The minimum Gasteiger partial charge on any atom is -0.434 e. The molecule has 0 N–H and O–H groups in total. The number of hydrogen-bond acceptors (Lipinski definition) is 5. The number of hydrogen-bond donors (Lipinski definition) is 0. The average Bonchev–Trinajstić information content (AvgIpc) is 2.58. The highest BCUT2D eigenvalue weighted by molar-refractivity contribution is 6.28. The summed E-state index contributed by atoms with van der Waals surface area (Å²) in [5.41, 5.74) is 1.28. The summed E-state index contributed by atoms with van der Waals surface area (Å²) in [5, 5.41) is 0. The van der Waals surface area contributed by atoms with Crippen molar-refractivity contribution >= 4 is 17.7 Å². The highest BCUT2D eigenvalue weighted by Crippen LogP contribution is 2.29. The van der Waals surface area contributed by atoms with Gasteiger partial charge in [0.15, 0.2) is 11.6 Å². The van der Waals surface area contributed by atoms with Gasteiger partial charge in [-0.1, -0.05) is 38.1 Å². The maximum Gasteiger partial charge on any atom is 0.513 e. The van der Waals surface area contributed by atoms with Gasteiger partial charge < -0.3 is 9.47 Å². The monoisotopic (exact) mass is 324 g/mol. The fourth-order valence-electron chi connectivity index (χ4n) is 2.50. The van der Waals surface area contributed by atoms with Crippen molar-refractivity contribution < 1.29 is 23.9 Å². The van der Waals surface area contributed by atoms with Gasteiger partial charge in [-0.3, -0.25) is 9.59 Å². The molecular weight excluding hydrogens is 308 g/mol. The zero-order chi connectivity index (χ0) is 17.3. The first kappa shape index (κ1) is 15.9. The predicted octanol–water partition coefficient (Wildman–Crippen LogP) is 3.63. The molecule has 0 aromatic heterocycles. The van der Waals surface area contributed by atoms with Gasteiger partial charge in [0.05, 0.1) is 6.61 Å². The molecule has 0 heterocycles.